The van der Waals surface area contributed by atoms with Crippen molar-refractivity contribution in [2.45, 2.75) is 32.6 Å². The Morgan fingerprint density at radius 3 is 2.31 bits per heavy atom. The summed E-state index contributed by atoms with van der Waals surface area (Å²) < 4.78 is 43.4. The van der Waals surface area contributed by atoms with E-state index in [2.05, 4.69) is 10.5 Å². The fourth-order valence-electron chi connectivity index (χ4n) is 4.13. The third-order valence-corrected chi connectivity index (χ3v) is 8.48. The van der Waals surface area contributed by atoms with Crippen LogP contribution in [0.15, 0.2) is 82.8 Å². The van der Waals surface area contributed by atoms with E-state index in [4.69, 9.17) is 11.6 Å². The summed E-state index contributed by atoms with van der Waals surface area (Å²) in [4.78, 5) is 13.0. The normalized spacial score (nSPS) is 11.6. The maximum absolute atomic E-state index is 13.5. The average Bonchev–Trinajstić information content (AvgIpc) is 3.17. The molecule has 0 fully saturated rings. The smallest absolute Gasteiger partial charge is 0.264 e. The lowest BCUT2D eigenvalue weighted by Crippen LogP contribution is -2.39. The minimum Gasteiger partial charge on any atom is -0.318 e. The molecule has 202 valence electrons. The first-order valence-electron chi connectivity index (χ1n) is 12.1. The Morgan fingerprint density at radius 1 is 1.00 bits per heavy atom. The molecule has 4 rings (SSSR count). The molecule has 0 bridgehead atoms. The molecule has 0 atom stereocenters. The standard InChI is InChI=1S/C29H28ClFN4O3S/c1-19-5-13-27(14-6-19)39(37,38)34(26-10-7-20(2)28(30)16-26)18-29(36)33-32-17-23-15-21(3)35(22(23)4)25-11-8-24(31)9-12-25/h5-17H,18H2,1-4H3,(H,33,36)/b32-17-. The minimum absolute atomic E-state index is 0.0503. The molecular weight excluding hydrogens is 539 g/mol. The van der Waals surface area contributed by atoms with Crippen LogP contribution in [-0.4, -0.2) is 31.7 Å². The lowest BCUT2D eigenvalue weighted by atomic mass is 10.2. The van der Waals surface area contributed by atoms with Crippen LogP contribution in [0.3, 0.4) is 0 Å². The summed E-state index contributed by atoms with van der Waals surface area (Å²) in [5.74, 6) is -0.956. The van der Waals surface area contributed by atoms with Gasteiger partial charge >= 0.3 is 0 Å². The van der Waals surface area contributed by atoms with E-state index in [1.54, 1.807) is 43.3 Å². The van der Waals surface area contributed by atoms with E-state index in [9.17, 15) is 17.6 Å². The number of hydrazone groups is 1. The second-order valence-electron chi connectivity index (χ2n) is 9.19. The van der Waals surface area contributed by atoms with E-state index >= 15 is 0 Å². The number of aryl methyl sites for hydroxylation is 3. The molecule has 1 N–H and O–H groups in total. The lowest BCUT2D eigenvalue weighted by molar-refractivity contribution is -0.119. The second-order valence-corrected chi connectivity index (χ2v) is 11.5. The first-order chi connectivity index (χ1) is 18.5. The monoisotopic (exact) mass is 566 g/mol. The van der Waals surface area contributed by atoms with E-state index in [1.165, 1.54) is 36.5 Å². The number of halogens is 2. The quantitative estimate of drug-likeness (QED) is 0.214. The van der Waals surface area contributed by atoms with Gasteiger partial charge in [0.25, 0.3) is 15.9 Å². The fraction of sp³-hybridized carbons (Fsp3) is 0.172. The highest BCUT2D eigenvalue weighted by Crippen LogP contribution is 2.28. The van der Waals surface area contributed by atoms with Gasteiger partial charge in [0.2, 0.25) is 0 Å². The Labute approximate surface area is 232 Å². The van der Waals surface area contributed by atoms with Crippen LogP contribution < -0.4 is 9.73 Å². The van der Waals surface area contributed by atoms with Gasteiger partial charge in [0.1, 0.15) is 12.4 Å². The van der Waals surface area contributed by atoms with Gasteiger partial charge in [-0.2, -0.15) is 5.10 Å². The molecule has 0 aliphatic carbocycles. The van der Waals surface area contributed by atoms with Gasteiger partial charge in [0.05, 0.1) is 16.8 Å². The molecule has 0 radical (unpaired) electrons. The highest BCUT2D eigenvalue weighted by molar-refractivity contribution is 7.92. The number of anilines is 1. The maximum Gasteiger partial charge on any atom is 0.264 e. The van der Waals surface area contributed by atoms with Gasteiger partial charge in [0, 0.05) is 27.7 Å². The molecule has 4 aromatic rings. The molecule has 0 aliphatic rings. The first-order valence-corrected chi connectivity index (χ1v) is 13.9. The molecule has 0 saturated heterocycles. The largest absolute Gasteiger partial charge is 0.318 e. The molecule has 7 nitrogen and oxygen atoms in total. The summed E-state index contributed by atoms with van der Waals surface area (Å²) in [6.07, 6.45) is 1.49. The maximum atomic E-state index is 13.5. The SMILES string of the molecule is Cc1ccc(S(=O)(=O)N(CC(=O)N/N=C\c2cc(C)n(-c3ccc(F)cc3)c2C)c2ccc(C)c(Cl)c2)cc1. The van der Waals surface area contributed by atoms with Crippen LogP contribution in [0.5, 0.6) is 0 Å². The predicted octanol–water partition coefficient (Wildman–Crippen LogP) is 5.85. The Morgan fingerprint density at radius 2 is 1.67 bits per heavy atom. The van der Waals surface area contributed by atoms with Crippen molar-refractivity contribution in [1.29, 1.82) is 0 Å². The molecule has 0 spiro atoms. The summed E-state index contributed by atoms with van der Waals surface area (Å²) in [7, 11) is -4.08. The van der Waals surface area contributed by atoms with E-state index in [0.29, 0.717) is 5.02 Å². The zero-order valence-corrected chi connectivity index (χ0v) is 23.5. The third kappa shape index (κ3) is 6.21. The van der Waals surface area contributed by atoms with Gasteiger partial charge in [-0.25, -0.2) is 18.2 Å². The van der Waals surface area contributed by atoms with Crippen LogP contribution in [0.2, 0.25) is 5.02 Å². The Balaban J connectivity index is 1.57. The molecule has 10 heteroatoms. The van der Waals surface area contributed by atoms with Crippen LogP contribution in [0.25, 0.3) is 5.69 Å². The van der Waals surface area contributed by atoms with Gasteiger partial charge in [-0.15, -0.1) is 0 Å². The number of carbonyl (C=O) groups excluding carboxylic acids is 1. The van der Waals surface area contributed by atoms with Crippen molar-refractivity contribution in [2.24, 2.45) is 5.10 Å². The molecule has 0 unspecified atom stereocenters. The Hall–Kier alpha value is -3.95. The lowest BCUT2D eigenvalue weighted by Gasteiger charge is -2.24. The summed E-state index contributed by atoms with van der Waals surface area (Å²) in [6.45, 7) is 6.95. The highest BCUT2D eigenvalue weighted by Gasteiger charge is 2.27. The molecule has 1 amide bonds. The fourth-order valence-corrected chi connectivity index (χ4v) is 5.72. The zero-order chi connectivity index (χ0) is 28.3. The van der Waals surface area contributed by atoms with Crippen LogP contribution in [0, 0.1) is 33.5 Å². The number of nitrogens with zero attached hydrogens (tertiary/aromatic N) is 3. The van der Waals surface area contributed by atoms with E-state index < -0.39 is 22.5 Å². The van der Waals surface area contributed by atoms with Crippen molar-refractivity contribution < 1.29 is 17.6 Å². The molecule has 39 heavy (non-hydrogen) atoms. The van der Waals surface area contributed by atoms with Crippen molar-refractivity contribution in [1.82, 2.24) is 9.99 Å². The molecule has 1 aromatic heterocycles. The zero-order valence-electron chi connectivity index (χ0n) is 21.9. The van der Waals surface area contributed by atoms with E-state index in [0.717, 1.165) is 38.1 Å². The summed E-state index contributed by atoms with van der Waals surface area (Å²) in [5.41, 5.74) is 7.65. The minimum atomic E-state index is -4.08. The number of hydrogen-bond acceptors (Lipinski definition) is 4. The number of nitrogens with one attached hydrogen (secondary N) is 1. The van der Waals surface area contributed by atoms with Crippen molar-refractivity contribution in [3.8, 4) is 5.69 Å². The van der Waals surface area contributed by atoms with Crippen LogP contribution in [0.4, 0.5) is 10.1 Å². The number of carbonyl (C=O) groups is 1. The average molecular weight is 567 g/mol. The Kier molecular flexibility index (Phi) is 8.22. The van der Waals surface area contributed by atoms with Crippen LogP contribution >= 0.6 is 11.6 Å². The number of sulfonamides is 1. The van der Waals surface area contributed by atoms with Crippen LogP contribution in [-0.2, 0) is 14.8 Å². The molecular formula is C29H28ClFN4O3S. The number of amides is 1. The third-order valence-electron chi connectivity index (χ3n) is 6.29. The molecule has 3 aromatic carbocycles. The van der Waals surface area contributed by atoms with Gasteiger partial charge in [-0.1, -0.05) is 35.4 Å². The van der Waals surface area contributed by atoms with Gasteiger partial charge in [-0.3, -0.25) is 9.10 Å². The van der Waals surface area contributed by atoms with Crippen molar-refractivity contribution in [3.63, 3.8) is 0 Å². The molecule has 0 aliphatic heterocycles. The first kappa shape index (κ1) is 28.1. The topological polar surface area (TPSA) is 83.8 Å². The molecule has 1 heterocycles. The number of hydrogen-bond donors (Lipinski definition) is 1. The van der Waals surface area contributed by atoms with Crippen molar-refractivity contribution >= 4 is 39.4 Å². The van der Waals surface area contributed by atoms with E-state index in [1.807, 2.05) is 31.4 Å². The van der Waals surface area contributed by atoms with Gasteiger partial charge in [-0.05, 0) is 87.9 Å². The summed E-state index contributed by atoms with van der Waals surface area (Å²) in [5, 5.41) is 4.45. The number of aromatic nitrogens is 1. The summed E-state index contributed by atoms with van der Waals surface area (Å²) >= 11 is 6.28. The second kappa shape index (κ2) is 11.4. The van der Waals surface area contributed by atoms with Gasteiger partial charge in [0.15, 0.2) is 0 Å². The Bertz CT molecular complexity index is 1650. The molecule has 0 saturated carbocycles. The number of benzene rings is 3. The van der Waals surface area contributed by atoms with Crippen molar-refractivity contribution in [2.75, 3.05) is 10.8 Å². The number of rotatable bonds is 8. The van der Waals surface area contributed by atoms with Gasteiger partial charge < -0.3 is 4.57 Å². The summed E-state index contributed by atoms with van der Waals surface area (Å²) in [6, 6.07) is 19.2. The highest BCUT2D eigenvalue weighted by atomic mass is 35.5. The van der Waals surface area contributed by atoms with Crippen LogP contribution in [0.1, 0.15) is 28.1 Å². The van der Waals surface area contributed by atoms with E-state index in [-0.39, 0.29) is 16.4 Å². The van der Waals surface area contributed by atoms with Crippen molar-refractivity contribution in [3.05, 3.63) is 112 Å². The predicted molar refractivity (Wildman–Crippen MR) is 153 cm³/mol.